The molecule has 0 radical (unpaired) electrons. The molecule has 2 aliphatic heterocycles. The summed E-state index contributed by atoms with van der Waals surface area (Å²) in [5.74, 6) is -1.00. The number of fused-ring (bicyclic) bond motifs is 1. The lowest BCUT2D eigenvalue weighted by atomic mass is 10.0. The molecule has 1 aromatic heterocycles. The average molecular weight is 426 g/mol. The third-order valence-corrected chi connectivity index (χ3v) is 6.03. The summed E-state index contributed by atoms with van der Waals surface area (Å²) in [4.78, 5) is 38.3. The molecule has 0 spiro atoms. The number of nitrogens with zero attached hydrogens (tertiary/aromatic N) is 5. The normalized spacial score (nSPS) is 17.8. The Morgan fingerprint density at radius 1 is 1.12 bits per heavy atom. The van der Waals surface area contributed by atoms with E-state index >= 15 is 0 Å². The lowest BCUT2D eigenvalue weighted by molar-refractivity contribution is -0.136. The van der Waals surface area contributed by atoms with Gasteiger partial charge in [-0.3, -0.25) is 19.7 Å². The second kappa shape index (κ2) is 7.42. The van der Waals surface area contributed by atoms with Crippen molar-refractivity contribution >= 4 is 17.7 Å². The molecule has 1 N–H and O–H groups in total. The molecule has 1 unspecified atom stereocenters. The van der Waals surface area contributed by atoms with E-state index in [4.69, 9.17) is 0 Å². The van der Waals surface area contributed by atoms with Crippen LogP contribution in [0.1, 0.15) is 39.9 Å². The van der Waals surface area contributed by atoms with Crippen LogP contribution in [0.2, 0.25) is 0 Å². The van der Waals surface area contributed by atoms with Gasteiger partial charge in [0, 0.05) is 29.7 Å². The van der Waals surface area contributed by atoms with Crippen LogP contribution < -0.4 is 5.32 Å². The summed E-state index contributed by atoms with van der Waals surface area (Å²) in [5.41, 5.74) is 4.77. The molecule has 9 nitrogen and oxygen atoms in total. The monoisotopic (exact) mass is 426 g/mol. The molecular formula is C23H18N6O3. The Labute approximate surface area is 183 Å². The van der Waals surface area contributed by atoms with Gasteiger partial charge in [0.1, 0.15) is 11.7 Å². The zero-order chi connectivity index (χ0) is 22.4. The van der Waals surface area contributed by atoms with Crippen LogP contribution in [0.4, 0.5) is 0 Å². The first-order valence-electron chi connectivity index (χ1n) is 10.2. The van der Waals surface area contributed by atoms with Crippen molar-refractivity contribution in [1.82, 2.24) is 25.2 Å². The van der Waals surface area contributed by atoms with Gasteiger partial charge >= 0.3 is 0 Å². The van der Waals surface area contributed by atoms with Crippen LogP contribution in [-0.4, -0.2) is 43.7 Å². The molecule has 158 valence electrons. The molecule has 1 fully saturated rings. The predicted octanol–water partition coefficient (Wildman–Crippen LogP) is 1.88. The Morgan fingerprint density at radius 2 is 1.91 bits per heavy atom. The third kappa shape index (κ3) is 3.04. The maximum atomic E-state index is 13.0. The minimum atomic E-state index is -0.678. The molecule has 9 heteroatoms. The van der Waals surface area contributed by atoms with Crippen LogP contribution in [0.25, 0.3) is 16.9 Å². The summed E-state index contributed by atoms with van der Waals surface area (Å²) in [6, 6.07) is 12.3. The van der Waals surface area contributed by atoms with Crippen LogP contribution in [-0.2, 0) is 16.1 Å². The van der Waals surface area contributed by atoms with Crippen LogP contribution in [0.3, 0.4) is 0 Å². The number of carbonyl (C=O) groups is 3. The van der Waals surface area contributed by atoms with Gasteiger partial charge in [-0.1, -0.05) is 23.4 Å². The SMILES string of the molecule is Cc1c(C#N)cccc1-c1cn(-c2cccc3c2CN(C2CCC(=O)NC2=O)C3=O)nn1. The number of hydrogen-bond donors (Lipinski definition) is 1. The Bertz CT molecular complexity index is 1340. The minimum absolute atomic E-state index is 0.205. The van der Waals surface area contributed by atoms with E-state index in [9.17, 15) is 19.6 Å². The lowest BCUT2D eigenvalue weighted by Crippen LogP contribution is -2.52. The van der Waals surface area contributed by atoms with Crippen LogP contribution >= 0.6 is 0 Å². The Hall–Kier alpha value is -4.32. The smallest absolute Gasteiger partial charge is 0.255 e. The summed E-state index contributed by atoms with van der Waals surface area (Å²) in [7, 11) is 0. The number of hydrogen-bond acceptors (Lipinski definition) is 6. The van der Waals surface area contributed by atoms with Crippen LogP contribution in [0.5, 0.6) is 0 Å². The highest BCUT2D eigenvalue weighted by molar-refractivity contribution is 6.05. The number of amides is 3. The van der Waals surface area contributed by atoms with E-state index in [1.807, 2.05) is 19.1 Å². The van der Waals surface area contributed by atoms with E-state index < -0.39 is 11.9 Å². The maximum Gasteiger partial charge on any atom is 0.255 e. The molecule has 3 amide bonds. The van der Waals surface area contributed by atoms with Gasteiger partial charge < -0.3 is 4.90 Å². The molecule has 5 rings (SSSR count). The van der Waals surface area contributed by atoms with Crippen molar-refractivity contribution < 1.29 is 14.4 Å². The number of aromatic nitrogens is 3. The fourth-order valence-corrected chi connectivity index (χ4v) is 4.32. The molecule has 0 saturated carbocycles. The van der Waals surface area contributed by atoms with Crippen molar-refractivity contribution in [2.75, 3.05) is 0 Å². The number of carbonyl (C=O) groups excluding carboxylic acids is 3. The molecule has 3 aromatic rings. The van der Waals surface area contributed by atoms with Gasteiger partial charge in [-0.05, 0) is 37.1 Å². The van der Waals surface area contributed by atoms with E-state index in [-0.39, 0.29) is 24.8 Å². The molecule has 32 heavy (non-hydrogen) atoms. The summed E-state index contributed by atoms with van der Waals surface area (Å²) in [5, 5.41) is 20.1. The molecule has 1 atom stereocenters. The van der Waals surface area contributed by atoms with Gasteiger partial charge in [0.15, 0.2) is 0 Å². The summed E-state index contributed by atoms with van der Waals surface area (Å²) >= 11 is 0. The molecule has 3 heterocycles. The number of nitriles is 1. The molecular weight excluding hydrogens is 408 g/mol. The largest absolute Gasteiger partial charge is 0.322 e. The number of piperidine rings is 1. The Kier molecular flexibility index (Phi) is 4.56. The second-order valence-electron chi connectivity index (χ2n) is 7.84. The number of nitrogens with one attached hydrogen (secondary N) is 1. The number of benzene rings is 2. The van der Waals surface area contributed by atoms with Gasteiger partial charge in [-0.2, -0.15) is 5.26 Å². The van der Waals surface area contributed by atoms with Gasteiger partial charge in [0.05, 0.1) is 23.5 Å². The van der Waals surface area contributed by atoms with E-state index in [2.05, 4.69) is 21.7 Å². The fraction of sp³-hybridized carbons (Fsp3) is 0.217. The fourth-order valence-electron chi connectivity index (χ4n) is 4.32. The minimum Gasteiger partial charge on any atom is -0.322 e. The second-order valence-corrected chi connectivity index (χ2v) is 7.84. The van der Waals surface area contributed by atoms with E-state index in [1.54, 1.807) is 35.1 Å². The standard InChI is InChI=1S/C23H18N6O3/c1-13-14(10-24)4-2-5-15(13)18-12-29(27-26-18)19-7-3-6-16-17(19)11-28(23(16)32)20-8-9-21(30)25-22(20)31/h2-7,12,20H,8-9,11H2,1H3,(H,25,30,31). The average Bonchev–Trinajstić information content (AvgIpc) is 3.39. The number of imide groups is 1. The van der Waals surface area contributed by atoms with Crippen LogP contribution in [0.15, 0.2) is 42.6 Å². The zero-order valence-corrected chi connectivity index (χ0v) is 17.2. The lowest BCUT2D eigenvalue weighted by Gasteiger charge is -2.29. The highest BCUT2D eigenvalue weighted by atomic mass is 16.2. The highest BCUT2D eigenvalue weighted by Crippen LogP contribution is 2.32. The molecule has 0 aliphatic carbocycles. The molecule has 2 aliphatic rings. The van der Waals surface area contributed by atoms with Crippen LogP contribution in [0, 0.1) is 18.3 Å². The summed E-state index contributed by atoms with van der Waals surface area (Å²) < 4.78 is 1.61. The van der Waals surface area contributed by atoms with Gasteiger partial charge in [0.2, 0.25) is 11.8 Å². The molecule has 2 aromatic carbocycles. The van der Waals surface area contributed by atoms with E-state index in [0.717, 1.165) is 16.7 Å². The van der Waals surface area contributed by atoms with Crippen molar-refractivity contribution in [2.24, 2.45) is 0 Å². The quantitative estimate of drug-likeness (QED) is 0.639. The Morgan fingerprint density at radius 3 is 2.69 bits per heavy atom. The van der Waals surface area contributed by atoms with E-state index in [1.165, 1.54) is 4.90 Å². The van der Waals surface area contributed by atoms with Gasteiger partial charge in [-0.15, -0.1) is 5.10 Å². The van der Waals surface area contributed by atoms with Gasteiger partial charge in [-0.25, -0.2) is 4.68 Å². The van der Waals surface area contributed by atoms with Crippen molar-refractivity contribution in [3.8, 4) is 23.0 Å². The first-order valence-corrected chi connectivity index (χ1v) is 10.2. The maximum absolute atomic E-state index is 13.0. The van der Waals surface area contributed by atoms with Crippen molar-refractivity contribution in [1.29, 1.82) is 5.26 Å². The molecule has 1 saturated heterocycles. The highest BCUT2D eigenvalue weighted by Gasteiger charge is 2.40. The van der Waals surface area contributed by atoms with E-state index in [0.29, 0.717) is 28.9 Å². The zero-order valence-electron chi connectivity index (χ0n) is 17.2. The summed E-state index contributed by atoms with van der Waals surface area (Å²) in [6.07, 6.45) is 2.27. The first kappa shape index (κ1) is 19.6. The number of rotatable bonds is 3. The third-order valence-electron chi connectivity index (χ3n) is 6.03. The van der Waals surface area contributed by atoms with Crippen molar-refractivity contribution in [3.05, 3.63) is 64.8 Å². The Balaban J connectivity index is 1.49. The first-order chi connectivity index (χ1) is 15.5. The van der Waals surface area contributed by atoms with Gasteiger partial charge in [0.25, 0.3) is 5.91 Å². The topological polar surface area (TPSA) is 121 Å². The predicted molar refractivity (Wildman–Crippen MR) is 112 cm³/mol. The van der Waals surface area contributed by atoms with Crippen molar-refractivity contribution in [3.63, 3.8) is 0 Å². The molecule has 0 bridgehead atoms. The van der Waals surface area contributed by atoms with Crippen molar-refractivity contribution in [2.45, 2.75) is 32.4 Å². The summed E-state index contributed by atoms with van der Waals surface area (Å²) in [6.45, 7) is 2.11.